The van der Waals surface area contributed by atoms with E-state index in [1.54, 1.807) is 48.5 Å². The van der Waals surface area contributed by atoms with Gasteiger partial charge in [-0.1, -0.05) is 23.7 Å². The molecule has 0 spiro atoms. The van der Waals surface area contributed by atoms with E-state index in [9.17, 15) is 9.59 Å². The topological polar surface area (TPSA) is 109 Å². The van der Waals surface area contributed by atoms with Gasteiger partial charge in [0.2, 0.25) is 0 Å². The van der Waals surface area contributed by atoms with Gasteiger partial charge >= 0.3 is 6.09 Å². The van der Waals surface area contributed by atoms with Crippen LogP contribution in [-0.4, -0.2) is 43.5 Å². The van der Waals surface area contributed by atoms with E-state index in [0.717, 1.165) is 0 Å². The number of nitrogens with two attached hydrogens (primary N) is 1. The molecule has 1 fully saturated rings. The number of Topliss-reactive ketones (excluding diaryl/α,β-unsaturated/α-hetero) is 1. The Bertz CT molecular complexity index is 870. The minimum absolute atomic E-state index is 0.0663. The molecule has 0 bridgehead atoms. The summed E-state index contributed by atoms with van der Waals surface area (Å²) in [6, 6.07) is 13.5. The SMILES string of the molecule is N=C(N)c1cccc(N2CC(CNCC(=O)c3ccc(Cl)cc3)OC2=O)c1. The third-order valence-corrected chi connectivity index (χ3v) is 4.42. The second kappa shape index (κ2) is 8.20. The van der Waals surface area contributed by atoms with Gasteiger partial charge < -0.3 is 15.8 Å². The van der Waals surface area contributed by atoms with E-state index in [1.807, 2.05) is 0 Å². The number of amides is 1. The fourth-order valence-electron chi connectivity index (χ4n) is 2.76. The summed E-state index contributed by atoms with van der Waals surface area (Å²) in [5.74, 6) is -0.134. The third kappa shape index (κ3) is 4.64. The standard InChI is InChI=1S/C19H19ClN4O3/c20-14-6-4-12(5-7-14)17(25)10-23-9-16-11-24(19(26)27-16)15-3-1-2-13(8-15)18(21)22/h1-8,16,23H,9-11H2,(H3,21,22). The maximum absolute atomic E-state index is 12.1. The highest BCUT2D eigenvalue weighted by Gasteiger charge is 2.32. The van der Waals surface area contributed by atoms with Gasteiger partial charge in [-0.25, -0.2) is 4.79 Å². The fraction of sp³-hybridized carbons (Fsp3) is 0.211. The lowest BCUT2D eigenvalue weighted by Crippen LogP contribution is -2.33. The number of hydrogen-bond donors (Lipinski definition) is 3. The number of anilines is 1. The molecule has 7 nitrogen and oxygen atoms in total. The van der Waals surface area contributed by atoms with Gasteiger partial charge in [0.05, 0.1) is 13.1 Å². The molecule has 1 amide bonds. The van der Waals surface area contributed by atoms with E-state index in [-0.39, 0.29) is 24.3 Å². The first-order valence-electron chi connectivity index (χ1n) is 8.36. The molecule has 2 aromatic carbocycles. The predicted molar refractivity (Wildman–Crippen MR) is 104 cm³/mol. The number of carbonyl (C=O) groups excluding carboxylic acids is 2. The molecule has 1 aliphatic rings. The lowest BCUT2D eigenvalue weighted by atomic mass is 10.1. The van der Waals surface area contributed by atoms with Crippen LogP contribution in [0.15, 0.2) is 48.5 Å². The zero-order valence-electron chi connectivity index (χ0n) is 14.4. The van der Waals surface area contributed by atoms with Gasteiger partial charge in [0.25, 0.3) is 0 Å². The van der Waals surface area contributed by atoms with Gasteiger partial charge in [-0.3, -0.25) is 15.1 Å². The molecule has 1 saturated heterocycles. The van der Waals surface area contributed by atoms with E-state index in [1.165, 1.54) is 4.90 Å². The van der Waals surface area contributed by atoms with Crippen molar-refractivity contribution in [1.82, 2.24) is 5.32 Å². The maximum atomic E-state index is 12.1. The minimum Gasteiger partial charge on any atom is -0.443 e. The first-order chi connectivity index (χ1) is 12.9. The second-order valence-corrected chi connectivity index (χ2v) is 6.58. The van der Waals surface area contributed by atoms with Gasteiger partial charge in [-0.2, -0.15) is 0 Å². The van der Waals surface area contributed by atoms with Crippen LogP contribution in [-0.2, 0) is 4.74 Å². The Hall–Kier alpha value is -2.90. The van der Waals surface area contributed by atoms with E-state index >= 15 is 0 Å². The monoisotopic (exact) mass is 386 g/mol. The number of carbonyl (C=O) groups is 2. The third-order valence-electron chi connectivity index (χ3n) is 4.17. The second-order valence-electron chi connectivity index (χ2n) is 6.14. The highest BCUT2D eigenvalue weighted by atomic mass is 35.5. The molecule has 0 aromatic heterocycles. The van der Waals surface area contributed by atoms with Gasteiger partial charge in [0, 0.05) is 28.4 Å². The Morgan fingerprint density at radius 1 is 1.26 bits per heavy atom. The van der Waals surface area contributed by atoms with Crippen LogP contribution in [0, 0.1) is 5.41 Å². The number of ketones is 1. The van der Waals surface area contributed by atoms with Gasteiger partial charge in [0.15, 0.2) is 5.78 Å². The smallest absolute Gasteiger partial charge is 0.414 e. The molecule has 2 aromatic rings. The lowest BCUT2D eigenvalue weighted by Gasteiger charge is -2.14. The van der Waals surface area contributed by atoms with Crippen LogP contribution < -0.4 is 16.0 Å². The van der Waals surface area contributed by atoms with E-state index in [4.69, 9.17) is 27.5 Å². The fourth-order valence-corrected chi connectivity index (χ4v) is 2.89. The number of benzene rings is 2. The van der Waals surface area contributed by atoms with Crippen LogP contribution in [0.5, 0.6) is 0 Å². The highest BCUT2D eigenvalue weighted by Crippen LogP contribution is 2.22. The Balaban J connectivity index is 1.53. The molecular formula is C19H19ClN4O3. The summed E-state index contributed by atoms with van der Waals surface area (Å²) < 4.78 is 5.34. The van der Waals surface area contributed by atoms with Crippen molar-refractivity contribution in [1.29, 1.82) is 5.41 Å². The van der Waals surface area contributed by atoms with Crippen LogP contribution >= 0.6 is 11.6 Å². The van der Waals surface area contributed by atoms with Crippen LogP contribution in [0.1, 0.15) is 15.9 Å². The Labute approximate surface area is 161 Å². The average molecular weight is 387 g/mol. The van der Waals surface area contributed by atoms with Gasteiger partial charge in [-0.05, 0) is 36.4 Å². The highest BCUT2D eigenvalue weighted by molar-refractivity contribution is 6.30. The molecule has 27 heavy (non-hydrogen) atoms. The number of nitrogens with zero attached hydrogens (tertiary/aromatic N) is 1. The first-order valence-corrected chi connectivity index (χ1v) is 8.74. The number of nitrogens with one attached hydrogen (secondary N) is 2. The van der Waals surface area contributed by atoms with E-state index in [2.05, 4.69) is 5.32 Å². The molecule has 1 aliphatic heterocycles. The van der Waals surface area contributed by atoms with Crippen molar-refractivity contribution < 1.29 is 14.3 Å². The molecule has 0 radical (unpaired) electrons. The first kappa shape index (κ1) is 18.9. The predicted octanol–water partition coefficient (Wildman–Crippen LogP) is 2.42. The summed E-state index contributed by atoms with van der Waals surface area (Å²) in [7, 11) is 0. The number of hydrogen-bond acceptors (Lipinski definition) is 5. The zero-order valence-corrected chi connectivity index (χ0v) is 15.2. The van der Waals surface area contributed by atoms with Gasteiger partial charge in [-0.15, -0.1) is 0 Å². The Morgan fingerprint density at radius 2 is 2.00 bits per heavy atom. The van der Waals surface area contributed by atoms with Crippen molar-refractivity contribution in [3.05, 3.63) is 64.7 Å². The summed E-state index contributed by atoms with van der Waals surface area (Å²) in [5, 5.41) is 11.1. The zero-order chi connectivity index (χ0) is 19.4. The summed E-state index contributed by atoms with van der Waals surface area (Å²) in [6.45, 7) is 0.839. The molecule has 1 unspecified atom stereocenters. The number of nitrogen functional groups attached to an aromatic ring is 1. The normalized spacial score (nSPS) is 16.3. The quantitative estimate of drug-likeness (QED) is 0.384. The number of halogens is 1. The molecule has 0 saturated carbocycles. The molecule has 4 N–H and O–H groups in total. The van der Waals surface area contributed by atoms with E-state index < -0.39 is 6.09 Å². The average Bonchev–Trinajstić information content (AvgIpc) is 3.03. The lowest BCUT2D eigenvalue weighted by molar-refractivity contribution is 0.0984. The summed E-state index contributed by atoms with van der Waals surface area (Å²) in [4.78, 5) is 25.7. The van der Waals surface area contributed by atoms with Gasteiger partial charge in [0.1, 0.15) is 11.9 Å². The Kier molecular flexibility index (Phi) is 5.73. The van der Waals surface area contributed by atoms with Crippen molar-refractivity contribution in [2.24, 2.45) is 5.73 Å². The largest absolute Gasteiger partial charge is 0.443 e. The van der Waals surface area contributed by atoms with Crippen molar-refractivity contribution in [3.63, 3.8) is 0 Å². The van der Waals surface area contributed by atoms with Crippen LogP contribution in [0.2, 0.25) is 5.02 Å². The Morgan fingerprint density at radius 3 is 2.70 bits per heavy atom. The number of ether oxygens (including phenoxy) is 1. The maximum Gasteiger partial charge on any atom is 0.414 e. The van der Waals surface area contributed by atoms with Crippen molar-refractivity contribution in [2.75, 3.05) is 24.5 Å². The molecular weight excluding hydrogens is 368 g/mol. The van der Waals surface area contributed by atoms with Crippen LogP contribution in [0.4, 0.5) is 10.5 Å². The molecule has 1 atom stereocenters. The number of amidine groups is 1. The van der Waals surface area contributed by atoms with Crippen LogP contribution in [0.3, 0.4) is 0 Å². The van der Waals surface area contributed by atoms with Crippen molar-refractivity contribution in [2.45, 2.75) is 6.10 Å². The molecule has 0 aliphatic carbocycles. The van der Waals surface area contributed by atoms with Crippen molar-refractivity contribution >= 4 is 35.0 Å². The molecule has 140 valence electrons. The molecule has 1 heterocycles. The van der Waals surface area contributed by atoms with Crippen LogP contribution in [0.25, 0.3) is 0 Å². The van der Waals surface area contributed by atoms with E-state index in [0.29, 0.717) is 34.9 Å². The van der Waals surface area contributed by atoms with Crippen molar-refractivity contribution in [3.8, 4) is 0 Å². The summed E-state index contributed by atoms with van der Waals surface area (Å²) in [5.41, 5.74) is 7.22. The number of rotatable bonds is 7. The molecule has 3 rings (SSSR count). The minimum atomic E-state index is -0.466. The summed E-state index contributed by atoms with van der Waals surface area (Å²) in [6.07, 6.45) is -0.844. The molecule has 8 heteroatoms. The summed E-state index contributed by atoms with van der Waals surface area (Å²) >= 11 is 5.81. The number of cyclic esters (lactones) is 1.